The Morgan fingerprint density at radius 2 is 1.10 bits per heavy atom. The lowest BCUT2D eigenvalue weighted by Crippen LogP contribution is -2.64. The fraction of sp³-hybridized carbons (Fsp3) is 0.526. The van der Waals surface area contributed by atoms with E-state index in [9.17, 15) is 30.0 Å². The van der Waals surface area contributed by atoms with Gasteiger partial charge >= 0.3 is 11.9 Å². The minimum absolute atomic E-state index is 0.0181. The first-order chi connectivity index (χ1) is 24.7. The van der Waals surface area contributed by atoms with E-state index in [2.05, 4.69) is 48.2 Å². The minimum atomic E-state index is -2.27. The molecule has 2 fully saturated rings. The first-order valence-electron chi connectivity index (χ1n) is 17.8. The number of carboxylic acids is 2. The molecule has 276 valence electrons. The zero-order chi connectivity index (χ0) is 36.8. The van der Waals surface area contributed by atoms with Crippen molar-refractivity contribution in [3.8, 4) is 34.1 Å². The molecule has 0 saturated carbocycles. The van der Waals surface area contributed by atoms with Crippen LogP contribution in [0, 0.1) is 11.8 Å². The Bertz CT molecular complexity index is 1840. The van der Waals surface area contributed by atoms with Gasteiger partial charge in [0.15, 0.2) is 35.2 Å². The molecule has 0 radical (unpaired) electrons. The van der Waals surface area contributed by atoms with Gasteiger partial charge in [0.2, 0.25) is 0 Å². The van der Waals surface area contributed by atoms with Crippen LogP contribution in [-0.4, -0.2) is 138 Å². The van der Waals surface area contributed by atoms with Crippen molar-refractivity contribution in [1.29, 1.82) is 0 Å². The summed E-state index contributed by atoms with van der Waals surface area (Å²) in [7, 11) is 4.35. The van der Waals surface area contributed by atoms with E-state index in [0.29, 0.717) is 22.6 Å². The fourth-order valence-electron chi connectivity index (χ4n) is 11.3. The lowest BCUT2D eigenvalue weighted by molar-refractivity contribution is -0.165. The highest BCUT2D eigenvalue weighted by Crippen LogP contribution is 2.67. The van der Waals surface area contributed by atoms with Gasteiger partial charge in [-0.1, -0.05) is 24.3 Å². The molecule has 14 heteroatoms. The van der Waals surface area contributed by atoms with Crippen molar-refractivity contribution in [1.82, 2.24) is 9.80 Å². The van der Waals surface area contributed by atoms with E-state index in [1.54, 1.807) is 0 Å². The Labute approximate surface area is 298 Å². The smallest absolute Gasteiger partial charge is 0.335 e. The Morgan fingerprint density at radius 3 is 1.46 bits per heavy atom. The second-order valence-electron chi connectivity index (χ2n) is 15.8. The van der Waals surface area contributed by atoms with Crippen molar-refractivity contribution in [2.24, 2.45) is 11.8 Å². The van der Waals surface area contributed by atoms with Gasteiger partial charge in [0.1, 0.15) is 24.4 Å². The van der Waals surface area contributed by atoms with Crippen LogP contribution in [0.25, 0.3) is 11.1 Å². The van der Waals surface area contributed by atoms with Crippen molar-refractivity contribution in [3.05, 3.63) is 58.7 Å². The average molecular weight is 719 g/mol. The van der Waals surface area contributed by atoms with Crippen LogP contribution >= 0.6 is 0 Å². The number of hydrogen-bond acceptors (Lipinski definition) is 12. The summed E-state index contributed by atoms with van der Waals surface area (Å²) in [6, 6.07) is 4.65. The van der Waals surface area contributed by atoms with Crippen LogP contribution in [0.4, 0.5) is 0 Å². The van der Waals surface area contributed by atoms with Gasteiger partial charge in [-0.05, 0) is 76.1 Å². The largest absolute Gasteiger partial charge is 0.504 e. The van der Waals surface area contributed by atoms with Crippen molar-refractivity contribution >= 4 is 11.9 Å². The molecule has 4 aliphatic heterocycles. The summed E-state index contributed by atoms with van der Waals surface area (Å²) < 4.78 is 13.1. The molecule has 2 saturated heterocycles. The number of nitrogens with zero attached hydrogens (tertiary/aromatic N) is 2. The van der Waals surface area contributed by atoms with E-state index < -0.39 is 48.6 Å². The maximum Gasteiger partial charge on any atom is 0.335 e. The summed E-state index contributed by atoms with van der Waals surface area (Å²) in [6.45, 7) is 1.82. The molecule has 52 heavy (non-hydrogen) atoms. The van der Waals surface area contributed by atoms with Crippen LogP contribution in [0.3, 0.4) is 0 Å². The molecule has 4 heterocycles. The Morgan fingerprint density at radius 1 is 0.712 bits per heavy atom. The van der Waals surface area contributed by atoms with E-state index in [1.165, 1.54) is 0 Å². The summed E-state index contributed by atoms with van der Waals surface area (Å²) in [4.78, 5) is 24.4. The van der Waals surface area contributed by atoms with Gasteiger partial charge in [-0.25, -0.2) is 9.59 Å². The highest BCUT2D eigenvalue weighted by Gasteiger charge is 2.66. The van der Waals surface area contributed by atoms with E-state index in [-0.39, 0.29) is 46.2 Å². The van der Waals surface area contributed by atoms with E-state index in [4.69, 9.17) is 29.9 Å². The van der Waals surface area contributed by atoms with E-state index in [0.717, 1.165) is 61.0 Å². The third-order valence-corrected chi connectivity index (χ3v) is 13.6. The quantitative estimate of drug-likeness (QED) is 0.199. The topological polar surface area (TPSA) is 221 Å². The van der Waals surface area contributed by atoms with E-state index >= 15 is 0 Å². The van der Waals surface area contributed by atoms with E-state index in [1.807, 2.05) is 12.2 Å². The number of ether oxygens (including phenoxy) is 2. The average Bonchev–Trinajstić information content (AvgIpc) is 3.66. The number of carbonyl (C=O) groups is 2. The number of piperidine rings is 2. The normalized spacial score (nSPS) is 37.8. The number of likely N-dealkylation sites (tertiary alicyclic amines) is 2. The molecule has 0 aromatic heterocycles. The Hall–Kier alpha value is -4.18. The van der Waals surface area contributed by atoms with Gasteiger partial charge in [-0.3, -0.25) is 0 Å². The predicted molar refractivity (Wildman–Crippen MR) is 181 cm³/mol. The zero-order valence-corrected chi connectivity index (χ0v) is 28.6. The third-order valence-electron chi connectivity index (χ3n) is 13.6. The van der Waals surface area contributed by atoms with Gasteiger partial charge in [-0.15, -0.1) is 0 Å². The molecule has 14 nitrogen and oxygen atoms in total. The van der Waals surface area contributed by atoms with Crippen molar-refractivity contribution in [2.75, 3.05) is 27.2 Å². The predicted octanol–water partition coefficient (Wildman–Crippen LogP) is 0.254. The van der Waals surface area contributed by atoms with Crippen LogP contribution in [0.15, 0.2) is 36.4 Å². The first-order valence-corrected chi connectivity index (χ1v) is 17.8. The SMILES string of the molecule is CN1CC[C@]23c4c5cc(-c6cc7c8c(c6O)O[C@H]6[C@@H](O)C=C[C@H]9[C@@H](C7)N(C)CC[C@@]896)c(O)c4O[C@H]2[C@@H](O)C=C[C@H]3[C@H]1C5.O=C(O)C(O)C(O)C(=O)O. The second kappa shape index (κ2) is 11.2. The molecule has 10 rings (SSSR count). The molecule has 12 atom stereocenters. The second-order valence-corrected chi connectivity index (χ2v) is 15.8. The van der Waals surface area contributed by atoms with Crippen molar-refractivity contribution in [2.45, 2.75) is 85.2 Å². The molecule has 0 amide bonds. The lowest BCUT2D eigenvalue weighted by atomic mass is 9.53. The molecule has 8 aliphatic rings. The highest BCUT2D eigenvalue weighted by atomic mass is 16.5. The van der Waals surface area contributed by atoms with Crippen LogP contribution in [-0.2, 0) is 33.3 Å². The fourth-order valence-corrected chi connectivity index (χ4v) is 11.3. The molecule has 4 aliphatic carbocycles. The summed E-state index contributed by atoms with van der Waals surface area (Å²) >= 11 is 0. The molecule has 2 aromatic rings. The minimum Gasteiger partial charge on any atom is -0.504 e. The number of rotatable bonds is 4. The number of aliphatic hydroxyl groups excluding tert-OH is 4. The van der Waals surface area contributed by atoms with Gasteiger partial charge in [0.25, 0.3) is 0 Å². The van der Waals surface area contributed by atoms with Crippen molar-refractivity contribution in [3.63, 3.8) is 0 Å². The molecule has 8 N–H and O–H groups in total. The molecule has 2 unspecified atom stereocenters. The standard InChI is InChI=1S/C34H36N2O6.C4H6O6/c1-35-9-7-33-19-3-5-23(37)31(33)41-29-25(33)15(13-21(19)35)11-17(27(29)39)18-12-16-14-22-20-4-6-24(38)32-34(20,8-10-36(22)2)26(16)30(42-32)28(18)40;5-1(3(7)8)2(6)4(9)10/h3-6,11-12,19-24,31-32,37-40H,7-10,13-14H2,1-2H3;1-2,5-6H,(H,7,8)(H,9,10)/t19-,20-,21+,22+,23-,24-,31-,32-,33-,34-;/m0./s1. The number of hydrogen-bond donors (Lipinski definition) is 8. The molecular weight excluding hydrogens is 676 g/mol. The summed E-state index contributed by atoms with van der Waals surface area (Å²) in [5, 5.41) is 78.6. The number of benzene rings is 2. The van der Waals surface area contributed by atoms with Gasteiger partial charge < -0.3 is 60.1 Å². The number of carboxylic acid groups (broad SMARTS) is 2. The number of aliphatic carboxylic acids is 2. The van der Waals surface area contributed by atoms with Crippen molar-refractivity contribution < 1.29 is 59.9 Å². The number of aromatic hydroxyl groups is 2. The molecule has 2 spiro atoms. The van der Waals surface area contributed by atoms with Crippen LogP contribution in [0.1, 0.15) is 35.1 Å². The number of phenolic OH excluding ortho intramolecular Hbond substituents is 2. The maximum atomic E-state index is 11.9. The monoisotopic (exact) mass is 718 g/mol. The molecular formula is C38H42N2O12. The number of phenols is 2. The maximum absolute atomic E-state index is 11.9. The Kier molecular flexibility index (Phi) is 7.23. The van der Waals surface area contributed by atoms with Gasteiger partial charge in [0.05, 0.1) is 0 Å². The lowest BCUT2D eigenvalue weighted by Gasteiger charge is -2.56. The summed E-state index contributed by atoms with van der Waals surface area (Å²) in [5.74, 6) is -2.16. The summed E-state index contributed by atoms with van der Waals surface area (Å²) in [6.07, 6.45) is 4.49. The van der Waals surface area contributed by atoms with Crippen LogP contribution in [0.5, 0.6) is 23.0 Å². The van der Waals surface area contributed by atoms with Crippen LogP contribution in [0.2, 0.25) is 0 Å². The molecule has 4 bridgehead atoms. The van der Waals surface area contributed by atoms with Gasteiger partial charge in [0, 0.05) is 57.0 Å². The Balaban J connectivity index is 0.000000319. The van der Waals surface area contributed by atoms with Gasteiger partial charge in [-0.2, -0.15) is 0 Å². The zero-order valence-electron chi connectivity index (χ0n) is 28.6. The molecule has 2 aromatic carbocycles. The number of aliphatic hydroxyl groups is 4. The summed E-state index contributed by atoms with van der Waals surface area (Å²) in [5.41, 5.74) is 4.66. The number of likely N-dealkylation sites (N-methyl/N-ethyl adjacent to an activating group) is 2. The first kappa shape index (κ1) is 33.6. The third kappa shape index (κ3) is 4.10. The van der Waals surface area contributed by atoms with Crippen LogP contribution < -0.4 is 9.47 Å². The highest BCUT2D eigenvalue weighted by molar-refractivity contribution is 5.86.